The predicted molar refractivity (Wildman–Crippen MR) is 248 cm³/mol. The minimum absolute atomic E-state index is 0.261. The van der Waals surface area contributed by atoms with Gasteiger partial charge in [0.25, 0.3) is 0 Å². The molecule has 11 aromatic rings. The van der Waals surface area contributed by atoms with Crippen molar-refractivity contribution in [1.29, 1.82) is 0 Å². The summed E-state index contributed by atoms with van der Waals surface area (Å²) in [5, 5.41) is 7.79. The Morgan fingerprint density at radius 1 is 0.367 bits per heavy atom. The standard InChI is InChI=1S/C56H38N4/c1-56(2)50-45-26-12-10-23-42(45)41-22-9-11-25-44(41)49(50)47-33-32-46-43-24-13-14-27-48(43)60(52(46)51(47)56)40-21-15-20-39(34-40)35-28-30-38(31-29-35)55-58-53(36-16-5-3-6-17-36)57-54(59-55)37-18-7-4-8-19-37/h3-34H,1-2H3. The van der Waals surface area contributed by atoms with Crippen molar-refractivity contribution in [2.75, 3.05) is 0 Å². The van der Waals surface area contributed by atoms with E-state index in [0.717, 1.165) is 33.5 Å². The van der Waals surface area contributed by atoms with Crippen molar-refractivity contribution >= 4 is 43.4 Å². The van der Waals surface area contributed by atoms with E-state index in [0.29, 0.717) is 17.5 Å². The molecule has 2 heterocycles. The van der Waals surface area contributed by atoms with E-state index in [2.05, 4.69) is 152 Å². The Balaban J connectivity index is 1.01. The van der Waals surface area contributed by atoms with E-state index >= 15 is 0 Å². The lowest BCUT2D eigenvalue weighted by Gasteiger charge is -2.25. The van der Waals surface area contributed by atoms with Crippen LogP contribution in [0.4, 0.5) is 0 Å². The van der Waals surface area contributed by atoms with Gasteiger partial charge in [-0.1, -0.05) is 190 Å². The van der Waals surface area contributed by atoms with Crippen molar-refractivity contribution in [3.05, 3.63) is 205 Å². The van der Waals surface area contributed by atoms with Crippen LogP contribution >= 0.6 is 0 Å². The fraction of sp³-hybridized carbons (Fsp3) is 0.0536. The van der Waals surface area contributed by atoms with Crippen LogP contribution < -0.4 is 0 Å². The maximum absolute atomic E-state index is 4.97. The van der Waals surface area contributed by atoms with E-state index < -0.39 is 0 Å². The molecular weight excluding hydrogens is 729 g/mol. The van der Waals surface area contributed by atoms with Gasteiger partial charge in [0.1, 0.15) is 0 Å². The third kappa shape index (κ3) is 5.14. The molecule has 0 saturated carbocycles. The van der Waals surface area contributed by atoms with Gasteiger partial charge in [-0.25, -0.2) is 15.0 Å². The molecule has 0 amide bonds. The Kier molecular flexibility index (Phi) is 7.54. The summed E-state index contributed by atoms with van der Waals surface area (Å²) in [5.41, 5.74) is 13.9. The first-order valence-electron chi connectivity index (χ1n) is 20.6. The van der Waals surface area contributed by atoms with Crippen LogP contribution in [0.3, 0.4) is 0 Å². The number of hydrogen-bond donors (Lipinski definition) is 0. The molecule has 0 N–H and O–H groups in total. The number of hydrogen-bond acceptors (Lipinski definition) is 3. The summed E-state index contributed by atoms with van der Waals surface area (Å²) in [5.74, 6) is 1.95. The molecule has 0 saturated heterocycles. The lowest BCUT2D eigenvalue weighted by Crippen LogP contribution is -2.17. The second-order valence-corrected chi connectivity index (χ2v) is 16.4. The van der Waals surface area contributed by atoms with Crippen LogP contribution in [-0.4, -0.2) is 19.5 Å². The fourth-order valence-corrected chi connectivity index (χ4v) is 9.94. The first-order chi connectivity index (χ1) is 29.5. The molecule has 12 rings (SSSR count). The highest BCUT2D eigenvalue weighted by Crippen LogP contribution is 2.57. The molecule has 1 aliphatic rings. The quantitative estimate of drug-likeness (QED) is 0.164. The number of fused-ring (bicyclic) bond motifs is 12. The normalized spacial score (nSPS) is 13.0. The Morgan fingerprint density at radius 2 is 0.867 bits per heavy atom. The van der Waals surface area contributed by atoms with Gasteiger partial charge in [0.05, 0.1) is 11.0 Å². The molecule has 0 bridgehead atoms. The Morgan fingerprint density at radius 3 is 1.52 bits per heavy atom. The summed E-state index contributed by atoms with van der Waals surface area (Å²) in [6.07, 6.45) is 0. The number of benzene rings is 9. The lowest BCUT2D eigenvalue weighted by molar-refractivity contribution is 0.670. The van der Waals surface area contributed by atoms with Gasteiger partial charge in [-0.2, -0.15) is 0 Å². The average molecular weight is 767 g/mol. The molecule has 0 atom stereocenters. The Hall–Kier alpha value is -7.69. The number of rotatable bonds is 5. The molecule has 60 heavy (non-hydrogen) atoms. The highest BCUT2D eigenvalue weighted by atomic mass is 15.0. The third-order valence-electron chi connectivity index (χ3n) is 12.6. The molecule has 0 aliphatic heterocycles. The largest absolute Gasteiger partial charge is 0.309 e. The molecule has 0 unspecified atom stereocenters. The zero-order valence-electron chi connectivity index (χ0n) is 33.3. The zero-order valence-corrected chi connectivity index (χ0v) is 33.3. The smallest absolute Gasteiger partial charge is 0.164 e. The summed E-state index contributed by atoms with van der Waals surface area (Å²) >= 11 is 0. The summed E-state index contributed by atoms with van der Waals surface area (Å²) in [4.78, 5) is 14.8. The van der Waals surface area contributed by atoms with Gasteiger partial charge < -0.3 is 4.57 Å². The van der Waals surface area contributed by atoms with Gasteiger partial charge in [0.15, 0.2) is 17.5 Å². The summed E-state index contributed by atoms with van der Waals surface area (Å²) in [6.45, 7) is 4.85. The average Bonchev–Trinajstić information content (AvgIpc) is 3.78. The van der Waals surface area contributed by atoms with Crippen molar-refractivity contribution in [3.8, 4) is 62.1 Å². The van der Waals surface area contributed by atoms with E-state index in [1.165, 1.54) is 65.6 Å². The topological polar surface area (TPSA) is 43.6 Å². The van der Waals surface area contributed by atoms with E-state index in [1.54, 1.807) is 0 Å². The van der Waals surface area contributed by atoms with Crippen LogP contribution in [-0.2, 0) is 5.41 Å². The van der Waals surface area contributed by atoms with Crippen LogP contribution in [0.2, 0.25) is 0 Å². The third-order valence-corrected chi connectivity index (χ3v) is 12.6. The molecule has 9 aromatic carbocycles. The van der Waals surface area contributed by atoms with Crippen molar-refractivity contribution in [2.45, 2.75) is 19.3 Å². The van der Waals surface area contributed by atoms with Gasteiger partial charge >= 0.3 is 0 Å². The van der Waals surface area contributed by atoms with Gasteiger partial charge in [0, 0.05) is 38.6 Å². The number of para-hydroxylation sites is 1. The minimum atomic E-state index is -0.261. The van der Waals surface area contributed by atoms with Gasteiger partial charge in [-0.05, 0) is 73.1 Å². The highest BCUT2D eigenvalue weighted by molar-refractivity contribution is 6.21. The van der Waals surface area contributed by atoms with E-state index in [1.807, 2.05) is 60.7 Å². The predicted octanol–water partition coefficient (Wildman–Crippen LogP) is 14.2. The van der Waals surface area contributed by atoms with Gasteiger partial charge in [0.2, 0.25) is 0 Å². The molecule has 4 heteroatoms. The maximum atomic E-state index is 4.97. The first-order valence-corrected chi connectivity index (χ1v) is 20.6. The van der Waals surface area contributed by atoms with E-state index in [-0.39, 0.29) is 5.41 Å². The van der Waals surface area contributed by atoms with E-state index in [9.17, 15) is 0 Å². The number of nitrogens with zero attached hydrogens (tertiary/aromatic N) is 4. The van der Waals surface area contributed by atoms with Gasteiger partial charge in [-0.3, -0.25) is 0 Å². The van der Waals surface area contributed by atoms with Crippen molar-refractivity contribution in [2.24, 2.45) is 0 Å². The fourth-order valence-electron chi connectivity index (χ4n) is 9.94. The molecule has 4 nitrogen and oxygen atoms in total. The Bertz CT molecular complexity index is 3430. The van der Waals surface area contributed by atoms with Crippen molar-refractivity contribution < 1.29 is 0 Å². The first kappa shape index (κ1) is 34.4. The second-order valence-electron chi connectivity index (χ2n) is 16.4. The van der Waals surface area contributed by atoms with Crippen LogP contribution in [0.25, 0.3) is 105 Å². The molecule has 0 radical (unpaired) electrons. The van der Waals surface area contributed by atoms with Gasteiger partial charge in [-0.15, -0.1) is 0 Å². The maximum Gasteiger partial charge on any atom is 0.164 e. The van der Waals surface area contributed by atoms with Crippen LogP contribution in [0.5, 0.6) is 0 Å². The lowest BCUT2D eigenvalue weighted by atomic mass is 9.78. The molecule has 0 fully saturated rings. The van der Waals surface area contributed by atoms with Crippen LogP contribution in [0, 0.1) is 0 Å². The summed E-state index contributed by atoms with van der Waals surface area (Å²) < 4.78 is 2.51. The van der Waals surface area contributed by atoms with Crippen molar-refractivity contribution in [3.63, 3.8) is 0 Å². The summed E-state index contributed by atoms with van der Waals surface area (Å²) in [6, 6.07) is 69.4. The second kappa shape index (κ2) is 13.2. The molecular formula is C56H38N4. The SMILES string of the molecule is CC1(C)c2c(c3ccccc3c3ccccc23)-c2ccc3c4ccccc4n(-c4cccc(-c5ccc(-c6nc(-c7ccccc7)nc(-c7ccccc7)n6)cc5)c4)c3c21. The van der Waals surface area contributed by atoms with Crippen LogP contribution in [0.15, 0.2) is 194 Å². The molecule has 282 valence electrons. The highest BCUT2D eigenvalue weighted by Gasteiger charge is 2.41. The molecule has 2 aromatic heterocycles. The number of aromatic nitrogens is 4. The van der Waals surface area contributed by atoms with E-state index in [4.69, 9.17) is 15.0 Å². The molecule has 1 aliphatic carbocycles. The Labute approximate surface area is 348 Å². The zero-order chi connectivity index (χ0) is 40.0. The van der Waals surface area contributed by atoms with Crippen LogP contribution in [0.1, 0.15) is 25.0 Å². The molecule has 0 spiro atoms. The summed E-state index contributed by atoms with van der Waals surface area (Å²) in [7, 11) is 0. The minimum Gasteiger partial charge on any atom is -0.309 e. The monoisotopic (exact) mass is 766 g/mol. The van der Waals surface area contributed by atoms with Crippen molar-refractivity contribution in [1.82, 2.24) is 19.5 Å².